The number of hydrogen-bond acceptors (Lipinski definition) is 5. The predicted molar refractivity (Wildman–Crippen MR) is 123 cm³/mol. The van der Waals surface area contributed by atoms with Crippen molar-refractivity contribution < 1.29 is 14.3 Å². The van der Waals surface area contributed by atoms with E-state index in [-0.39, 0.29) is 17.2 Å². The smallest absolute Gasteiger partial charge is 0.246 e. The van der Waals surface area contributed by atoms with Crippen LogP contribution in [0.2, 0.25) is 5.02 Å². The molecule has 2 fully saturated rings. The summed E-state index contributed by atoms with van der Waals surface area (Å²) in [6.45, 7) is 5.90. The minimum Gasteiger partial charge on any atom is -0.507 e. The summed E-state index contributed by atoms with van der Waals surface area (Å²) in [6.07, 6.45) is 3.40. The Kier molecular flexibility index (Phi) is 5.21. The summed E-state index contributed by atoms with van der Waals surface area (Å²) in [7, 11) is 0. The van der Waals surface area contributed by atoms with Gasteiger partial charge in [0.15, 0.2) is 5.82 Å². The van der Waals surface area contributed by atoms with E-state index in [2.05, 4.69) is 21.7 Å². The lowest BCUT2D eigenvalue weighted by Crippen LogP contribution is -2.48. The van der Waals surface area contributed by atoms with Crippen LogP contribution >= 0.6 is 11.6 Å². The molecule has 0 unspecified atom stereocenters. The van der Waals surface area contributed by atoms with Crippen LogP contribution in [0.4, 0.5) is 10.2 Å². The van der Waals surface area contributed by atoms with Crippen molar-refractivity contribution in [3.8, 4) is 16.9 Å². The number of aromatic hydroxyl groups is 1. The van der Waals surface area contributed by atoms with E-state index in [4.69, 9.17) is 11.6 Å². The van der Waals surface area contributed by atoms with E-state index < -0.39 is 5.82 Å². The van der Waals surface area contributed by atoms with Gasteiger partial charge in [-0.15, -0.1) is 5.10 Å². The van der Waals surface area contributed by atoms with Crippen molar-refractivity contribution in [1.29, 1.82) is 0 Å². The third-order valence-corrected chi connectivity index (χ3v) is 6.48. The number of nitrogens with zero attached hydrogens (tertiary/aromatic N) is 4. The zero-order valence-electron chi connectivity index (χ0n) is 17.4. The number of aromatic nitrogens is 2. The molecule has 3 aromatic rings. The fraction of sp³-hybridized carbons (Fsp3) is 0.292. The van der Waals surface area contributed by atoms with E-state index in [0.29, 0.717) is 48.5 Å². The molecule has 1 amide bonds. The lowest BCUT2D eigenvalue weighted by atomic mass is 9.98. The molecule has 2 aliphatic rings. The van der Waals surface area contributed by atoms with Gasteiger partial charge in [0.05, 0.1) is 11.3 Å². The minimum absolute atomic E-state index is 0.0797. The Bertz CT molecular complexity index is 1220. The SMILES string of the molecule is C=CC(=O)N1CCN(c2nnc(C3CC3)c3cc(-c4c(O)cccc4F)c(Cl)cc23)CC1. The lowest BCUT2D eigenvalue weighted by molar-refractivity contribution is -0.126. The predicted octanol–water partition coefficient (Wildman–Crippen LogP) is 4.51. The van der Waals surface area contributed by atoms with Gasteiger partial charge in [-0.05, 0) is 43.2 Å². The number of carbonyl (C=O) groups excluding carboxylic acids is 1. The number of hydrogen-bond donors (Lipinski definition) is 1. The molecule has 6 nitrogen and oxygen atoms in total. The summed E-state index contributed by atoms with van der Waals surface area (Å²) in [5, 5.41) is 21.4. The number of piperazine rings is 1. The largest absolute Gasteiger partial charge is 0.507 e. The molecule has 0 spiro atoms. The van der Waals surface area contributed by atoms with Gasteiger partial charge in [-0.3, -0.25) is 4.79 Å². The van der Waals surface area contributed by atoms with Crippen molar-refractivity contribution in [1.82, 2.24) is 15.1 Å². The molecule has 1 aliphatic heterocycles. The second kappa shape index (κ2) is 8.06. The number of phenolic OH excluding ortho intramolecular Hbond substituents is 1. The number of carbonyl (C=O) groups is 1. The fourth-order valence-corrected chi connectivity index (χ4v) is 4.57. The quantitative estimate of drug-likeness (QED) is 0.590. The molecule has 0 atom stereocenters. The Balaban J connectivity index is 1.61. The first kappa shape index (κ1) is 20.7. The summed E-state index contributed by atoms with van der Waals surface area (Å²) in [5.74, 6) is 0.238. The van der Waals surface area contributed by atoms with Crippen molar-refractivity contribution in [2.45, 2.75) is 18.8 Å². The van der Waals surface area contributed by atoms with Crippen molar-refractivity contribution in [3.63, 3.8) is 0 Å². The maximum absolute atomic E-state index is 14.6. The first-order valence-electron chi connectivity index (χ1n) is 10.6. The van der Waals surface area contributed by atoms with Crippen LogP contribution in [0.15, 0.2) is 43.0 Å². The third-order valence-electron chi connectivity index (χ3n) is 6.17. The highest BCUT2D eigenvalue weighted by Gasteiger charge is 2.30. The zero-order chi connectivity index (χ0) is 22.4. The highest BCUT2D eigenvalue weighted by molar-refractivity contribution is 6.34. The number of amides is 1. The number of anilines is 1. The molecule has 32 heavy (non-hydrogen) atoms. The Morgan fingerprint density at radius 2 is 1.91 bits per heavy atom. The second-order valence-corrected chi connectivity index (χ2v) is 8.62. The first-order valence-corrected chi connectivity index (χ1v) is 11.0. The van der Waals surface area contributed by atoms with E-state index in [1.165, 1.54) is 24.3 Å². The van der Waals surface area contributed by atoms with Crippen LogP contribution in [0, 0.1) is 5.82 Å². The summed E-state index contributed by atoms with van der Waals surface area (Å²) in [6, 6.07) is 7.81. The first-order chi connectivity index (χ1) is 15.5. The van der Waals surface area contributed by atoms with Gasteiger partial charge in [0.1, 0.15) is 11.6 Å². The molecule has 1 saturated heterocycles. The summed E-state index contributed by atoms with van der Waals surface area (Å²) in [4.78, 5) is 15.8. The molecule has 1 saturated carbocycles. The molecule has 0 radical (unpaired) electrons. The van der Waals surface area contributed by atoms with Crippen molar-refractivity contribution in [2.24, 2.45) is 0 Å². The molecule has 1 N–H and O–H groups in total. The Labute approximate surface area is 189 Å². The summed E-state index contributed by atoms with van der Waals surface area (Å²) in [5.41, 5.74) is 1.38. The molecule has 164 valence electrons. The highest BCUT2D eigenvalue weighted by Crippen LogP contribution is 2.46. The van der Waals surface area contributed by atoms with Crippen LogP contribution < -0.4 is 4.90 Å². The van der Waals surface area contributed by atoms with Gasteiger partial charge in [0.25, 0.3) is 0 Å². The van der Waals surface area contributed by atoms with E-state index in [1.807, 2.05) is 6.07 Å². The zero-order valence-corrected chi connectivity index (χ0v) is 18.1. The van der Waals surface area contributed by atoms with Gasteiger partial charge in [-0.2, -0.15) is 5.10 Å². The number of benzene rings is 2. The van der Waals surface area contributed by atoms with Gasteiger partial charge in [-0.1, -0.05) is 24.2 Å². The van der Waals surface area contributed by atoms with E-state index >= 15 is 0 Å². The Morgan fingerprint density at radius 3 is 2.56 bits per heavy atom. The third kappa shape index (κ3) is 3.56. The van der Waals surface area contributed by atoms with Crippen LogP contribution in [0.1, 0.15) is 24.5 Å². The number of rotatable bonds is 4. The Morgan fingerprint density at radius 1 is 1.16 bits per heavy atom. The van der Waals surface area contributed by atoms with Crippen LogP contribution in [0.3, 0.4) is 0 Å². The van der Waals surface area contributed by atoms with E-state index in [0.717, 1.165) is 29.3 Å². The molecule has 2 heterocycles. The van der Waals surface area contributed by atoms with E-state index in [9.17, 15) is 14.3 Å². The average molecular weight is 453 g/mol. The molecule has 2 aromatic carbocycles. The standard InChI is InChI=1S/C24H22ClFN4O2/c1-2-21(32)29-8-10-30(11-9-29)24-16-13-18(25)17(22-19(26)4-3-5-20(22)31)12-15(16)23(27-28-24)14-6-7-14/h2-5,12-14,31H,1,6-11H2. The average Bonchev–Trinajstić information content (AvgIpc) is 3.63. The Hall–Kier alpha value is -3.19. The van der Waals surface area contributed by atoms with E-state index in [1.54, 1.807) is 11.0 Å². The van der Waals surface area contributed by atoms with Crippen LogP contribution in [0.5, 0.6) is 5.75 Å². The van der Waals surface area contributed by atoms with Crippen molar-refractivity contribution >= 4 is 34.1 Å². The summed E-state index contributed by atoms with van der Waals surface area (Å²) >= 11 is 6.62. The summed E-state index contributed by atoms with van der Waals surface area (Å²) < 4.78 is 14.6. The van der Waals surface area contributed by atoms with Crippen molar-refractivity contribution in [3.05, 3.63) is 59.5 Å². The monoisotopic (exact) mass is 452 g/mol. The minimum atomic E-state index is -0.538. The molecule has 8 heteroatoms. The molecule has 1 aliphatic carbocycles. The van der Waals surface area contributed by atoms with Gasteiger partial charge >= 0.3 is 0 Å². The van der Waals surface area contributed by atoms with Gasteiger partial charge in [-0.25, -0.2) is 4.39 Å². The normalized spacial score (nSPS) is 16.4. The van der Waals surface area contributed by atoms with Gasteiger partial charge < -0.3 is 14.9 Å². The number of fused-ring (bicyclic) bond motifs is 1. The van der Waals surface area contributed by atoms with Gasteiger partial charge in [0, 0.05) is 53.5 Å². The molecular formula is C24H22ClFN4O2. The molecule has 1 aromatic heterocycles. The van der Waals surface area contributed by atoms with Crippen LogP contribution in [-0.4, -0.2) is 52.3 Å². The maximum Gasteiger partial charge on any atom is 0.246 e. The molecule has 0 bridgehead atoms. The van der Waals surface area contributed by atoms with Crippen LogP contribution in [0.25, 0.3) is 21.9 Å². The second-order valence-electron chi connectivity index (χ2n) is 8.21. The number of phenols is 1. The maximum atomic E-state index is 14.6. The lowest BCUT2D eigenvalue weighted by Gasteiger charge is -2.35. The van der Waals surface area contributed by atoms with Gasteiger partial charge in [0.2, 0.25) is 5.91 Å². The topological polar surface area (TPSA) is 69.6 Å². The van der Waals surface area contributed by atoms with Crippen molar-refractivity contribution in [2.75, 3.05) is 31.1 Å². The number of halogens is 2. The van der Waals surface area contributed by atoms with Crippen LogP contribution in [-0.2, 0) is 4.79 Å². The molecule has 5 rings (SSSR count). The molecular weight excluding hydrogens is 431 g/mol. The highest BCUT2D eigenvalue weighted by atomic mass is 35.5. The fourth-order valence-electron chi connectivity index (χ4n) is 4.31.